The zero-order chi connectivity index (χ0) is 11.4. The molecule has 1 aromatic heterocycles. The van der Waals surface area contributed by atoms with Crippen LogP contribution in [0.2, 0.25) is 0 Å². The van der Waals surface area contributed by atoms with Gasteiger partial charge in [0.1, 0.15) is 4.60 Å². The van der Waals surface area contributed by atoms with Gasteiger partial charge in [-0.3, -0.25) is 20.4 Å². The number of hydrogen-bond donors (Lipinski definition) is 2. The van der Waals surface area contributed by atoms with Crippen LogP contribution in [0.4, 0.5) is 0 Å². The van der Waals surface area contributed by atoms with Crippen LogP contribution in [0.25, 0.3) is 0 Å². The molecule has 0 unspecified atom stereocenters. The van der Waals surface area contributed by atoms with E-state index >= 15 is 0 Å². The van der Waals surface area contributed by atoms with E-state index in [0.29, 0.717) is 14.6 Å². The Morgan fingerprint density at radius 1 is 1.33 bits per heavy atom. The van der Waals surface area contributed by atoms with Gasteiger partial charge in [0.15, 0.2) is 0 Å². The molecule has 0 saturated carbocycles. The summed E-state index contributed by atoms with van der Waals surface area (Å²) in [5.74, 6) is -0.765. The third-order valence-corrected chi connectivity index (χ3v) is 3.18. The van der Waals surface area contributed by atoms with Gasteiger partial charge in [0, 0.05) is 13.1 Å². The number of nitrogens with one attached hydrogen (secondary N) is 2. The molecule has 1 heterocycles. The minimum absolute atomic E-state index is 0.340. The van der Waals surface area contributed by atoms with Crippen molar-refractivity contribution in [3.8, 4) is 0 Å². The second-order valence-corrected chi connectivity index (χ2v) is 4.24. The number of carbonyl (C=O) groups excluding carboxylic acids is 2. The van der Waals surface area contributed by atoms with Crippen molar-refractivity contribution in [3.63, 3.8) is 0 Å². The maximum Gasteiger partial charge on any atom is 0.271 e. The maximum atomic E-state index is 11.4. The highest BCUT2D eigenvalue weighted by molar-refractivity contribution is 9.13. The second kappa shape index (κ2) is 5.22. The normalized spacial score (nSPS) is 9.53. The van der Waals surface area contributed by atoms with Gasteiger partial charge in [-0.1, -0.05) is 0 Å². The fourth-order valence-electron chi connectivity index (χ4n) is 0.762. The molecule has 7 heteroatoms. The molecule has 0 bridgehead atoms. The van der Waals surface area contributed by atoms with Crippen molar-refractivity contribution in [2.45, 2.75) is 6.92 Å². The topological polar surface area (TPSA) is 71.1 Å². The molecule has 0 aliphatic heterocycles. The van der Waals surface area contributed by atoms with Crippen molar-refractivity contribution in [1.82, 2.24) is 15.8 Å². The van der Waals surface area contributed by atoms with Crippen LogP contribution in [0.5, 0.6) is 0 Å². The van der Waals surface area contributed by atoms with Crippen molar-refractivity contribution in [3.05, 3.63) is 26.9 Å². The van der Waals surface area contributed by atoms with Crippen LogP contribution in [0.3, 0.4) is 0 Å². The van der Waals surface area contributed by atoms with Gasteiger partial charge in [0.05, 0.1) is 10.0 Å². The molecular formula is C8H7Br2N3O2. The minimum Gasteiger partial charge on any atom is -0.274 e. The van der Waals surface area contributed by atoms with Crippen LogP contribution in [-0.2, 0) is 4.79 Å². The molecule has 2 amide bonds. The van der Waals surface area contributed by atoms with Gasteiger partial charge in [-0.15, -0.1) is 0 Å². The summed E-state index contributed by atoms with van der Waals surface area (Å²) in [5.41, 5.74) is 4.76. The molecule has 0 fully saturated rings. The molecule has 80 valence electrons. The Kier molecular flexibility index (Phi) is 4.22. The van der Waals surface area contributed by atoms with Crippen LogP contribution in [0.1, 0.15) is 17.3 Å². The van der Waals surface area contributed by atoms with Gasteiger partial charge in [0.2, 0.25) is 5.91 Å². The number of rotatable bonds is 1. The Balaban J connectivity index is 2.74. The van der Waals surface area contributed by atoms with E-state index in [1.54, 1.807) is 6.07 Å². The summed E-state index contributed by atoms with van der Waals surface area (Å²) in [5, 5.41) is 0. The van der Waals surface area contributed by atoms with E-state index in [4.69, 9.17) is 0 Å². The number of hydrazine groups is 1. The summed E-state index contributed by atoms with van der Waals surface area (Å²) < 4.78 is 1.27. The van der Waals surface area contributed by atoms with Gasteiger partial charge < -0.3 is 0 Å². The van der Waals surface area contributed by atoms with Crippen LogP contribution < -0.4 is 10.9 Å². The fraction of sp³-hybridized carbons (Fsp3) is 0.125. The zero-order valence-electron chi connectivity index (χ0n) is 7.67. The average molecular weight is 337 g/mol. The molecule has 1 rings (SSSR count). The van der Waals surface area contributed by atoms with E-state index in [1.165, 1.54) is 13.1 Å². The molecule has 0 radical (unpaired) electrons. The Morgan fingerprint density at radius 3 is 2.53 bits per heavy atom. The number of hydrogen-bond acceptors (Lipinski definition) is 3. The van der Waals surface area contributed by atoms with Crippen molar-refractivity contribution in [2.24, 2.45) is 0 Å². The number of nitrogens with zero attached hydrogens (tertiary/aromatic N) is 1. The number of pyridine rings is 1. The van der Waals surface area contributed by atoms with E-state index < -0.39 is 5.91 Å². The molecule has 5 nitrogen and oxygen atoms in total. The van der Waals surface area contributed by atoms with Crippen molar-refractivity contribution in [1.29, 1.82) is 0 Å². The Morgan fingerprint density at radius 2 is 2.00 bits per heavy atom. The lowest BCUT2D eigenvalue weighted by Crippen LogP contribution is -2.40. The van der Waals surface area contributed by atoms with Gasteiger partial charge in [-0.2, -0.15) is 0 Å². The average Bonchev–Trinajstić information content (AvgIpc) is 2.18. The summed E-state index contributed by atoms with van der Waals surface area (Å²) in [7, 11) is 0. The van der Waals surface area contributed by atoms with Gasteiger partial charge in [-0.05, 0) is 37.9 Å². The smallest absolute Gasteiger partial charge is 0.271 e. The minimum atomic E-state index is -0.425. The van der Waals surface area contributed by atoms with E-state index in [9.17, 15) is 9.59 Å². The van der Waals surface area contributed by atoms with Crippen LogP contribution in [0, 0.1) is 0 Å². The quantitative estimate of drug-likeness (QED) is 0.601. The first-order chi connectivity index (χ1) is 7.00. The molecule has 1 aromatic rings. The Hall–Kier alpha value is -0.950. The molecule has 0 aromatic carbocycles. The zero-order valence-corrected chi connectivity index (χ0v) is 10.8. The summed E-state index contributed by atoms with van der Waals surface area (Å²) in [6, 6.07) is 1.59. The standard InChI is InChI=1S/C8H7Br2N3O2/c1-4(14)12-13-8(15)5-2-6(9)7(10)11-3-5/h2-3H,1H3,(H,12,14)(H,13,15). The summed E-state index contributed by atoms with van der Waals surface area (Å²) >= 11 is 6.40. The molecule has 0 saturated heterocycles. The first-order valence-corrected chi connectivity index (χ1v) is 5.47. The van der Waals surface area contributed by atoms with E-state index in [0.717, 1.165) is 0 Å². The molecule has 0 atom stereocenters. The number of halogens is 2. The van der Waals surface area contributed by atoms with Gasteiger partial charge >= 0.3 is 0 Å². The SMILES string of the molecule is CC(=O)NNC(=O)c1cnc(Br)c(Br)c1. The van der Waals surface area contributed by atoms with Crippen LogP contribution >= 0.6 is 31.9 Å². The predicted molar refractivity (Wildman–Crippen MR) is 60.9 cm³/mol. The summed E-state index contributed by atoms with van der Waals surface area (Å²) in [6.07, 6.45) is 1.39. The Labute approximate surface area is 103 Å². The lowest BCUT2D eigenvalue weighted by molar-refractivity contribution is -0.119. The fourth-order valence-corrected chi connectivity index (χ4v) is 1.33. The number of amides is 2. The van der Waals surface area contributed by atoms with E-state index in [1.807, 2.05) is 0 Å². The molecule has 0 aliphatic rings. The lowest BCUT2D eigenvalue weighted by Gasteiger charge is -2.05. The van der Waals surface area contributed by atoms with Crippen molar-refractivity contribution >= 4 is 43.7 Å². The molecule has 2 N–H and O–H groups in total. The third kappa shape index (κ3) is 3.60. The second-order valence-electron chi connectivity index (χ2n) is 2.63. The van der Waals surface area contributed by atoms with Crippen molar-refractivity contribution < 1.29 is 9.59 Å². The lowest BCUT2D eigenvalue weighted by atomic mass is 10.3. The number of aromatic nitrogens is 1. The highest BCUT2D eigenvalue weighted by Gasteiger charge is 2.08. The first kappa shape index (κ1) is 12.1. The summed E-state index contributed by atoms with van der Waals surface area (Å²) in [4.78, 5) is 25.9. The van der Waals surface area contributed by atoms with Gasteiger partial charge in [0.25, 0.3) is 5.91 Å². The predicted octanol–water partition coefficient (Wildman–Crippen LogP) is 1.39. The first-order valence-electron chi connectivity index (χ1n) is 3.88. The van der Waals surface area contributed by atoms with Crippen LogP contribution in [0.15, 0.2) is 21.3 Å². The summed E-state index contributed by atoms with van der Waals surface area (Å²) in [6.45, 7) is 1.30. The molecule has 15 heavy (non-hydrogen) atoms. The largest absolute Gasteiger partial charge is 0.274 e. The molecule has 0 spiro atoms. The van der Waals surface area contributed by atoms with E-state index in [-0.39, 0.29) is 5.91 Å². The molecule has 0 aliphatic carbocycles. The highest BCUT2D eigenvalue weighted by atomic mass is 79.9. The third-order valence-electron chi connectivity index (χ3n) is 1.41. The van der Waals surface area contributed by atoms with Gasteiger partial charge in [-0.25, -0.2) is 4.98 Å². The van der Waals surface area contributed by atoms with Crippen molar-refractivity contribution in [2.75, 3.05) is 0 Å². The van der Waals surface area contributed by atoms with E-state index in [2.05, 4.69) is 47.7 Å². The highest BCUT2D eigenvalue weighted by Crippen LogP contribution is 2.20. The Bertz CT molecular complexity index is 409. The maximum absolute atomic E-state index is 11.4. The monoisotopic (exact) mass is 335 g/mol. The molecular weight excluding hydrogens is 330 g/mol. The van der Waals surface area contributed by atoms with Crippen LogP contribution in [-0.4, -0.2) is 16.8 Å². The number of carbonyl (C=O) groups is 2.